The highest BCUT2D eigenvalue weighted by Gasteiger charge is 2.29. The van der Waals surface area contributed by atoms with Crippen LogP contribution in [0.3, 0.4) is 0 Å². The quantitative estimate of drug-likeness (QED) is 0.394. The summed E-state index contributed by atoms with van der Waals surface area (Å²) in [5.74, 6) is -1.06. The topological polar surface area (TPSA) is 91.4 Å². The van der Waals surface area contributed by atoms with Crippen molar-refractivity contribution in [3.05, 3.63) is 95.7 Å². The lowest BCUT2D eigenvalue weighted by Gasteiger charge is -2.19. The molecule has 3 aromatic carbocycles. The molecule has 6 nitrogen and oxygen atoms in total. The molecule has 0 bridgehead atoms. The molecule has 6 heteroatoms. The first kappa shape index (κ1) is 19.9. The highest BCUT2D eigenvalue weighted by molar-refractivity contribution is 5.85. The number of fused-ring (bicyclic) bond motifs is 4. The zero-order valence-corrected chi connectivity index (χ0v) is 17.2. The van der Waals surface area contributed by atoms with E-state index in [1.165, 1.54) is 0 Å². The second kappa shape index (κ2) is 8.23. The molecule has 0 fully saturated rings. The Morgan fingerprint density at radius 2 is 1.56 bits per heavy atom. The number of H-pyrrole nitrogens is 1. The van der Waals surface area contributed by atoms with Gasteiger partial charge in [-0.15, -0.1) is 0 Å². The summed E-state index contributed by atoms with van der Waals surface area (Å²) in [5, 5.41) is 13.0. The van der Waals surface area contributed by atoms with Gasteiger partial charge in [0.05, 0.1) is 12.5 Å². The SMILES string of the molecule is O=C(O)C[C@@H](NC(=O)OCC1c2ccccc2-c2ccccc21)c1c[nH]c2ccccc12. The number of amides is 1. The fraction of sp³-hybridized carbons (Fsp3) is 0.154. The Labute approximate surface area is 184 Å². The summed E-state index contributed by atoms with van der Waals surface area (Å²) < 4.78 is 5.61. The molecular weight excluding hydrogens is 404 g/mol. The Kier molecular flexibility index (Phi) is 5.11. The number of para-hydroxylation sites is 1. The summed E-state index contributed by atoms with van der Waals surface area (Å²) in [6, 6.07) is 23.1. The van der Waals surface area contributed by atoms with E-state index in [0.29, 0.717) is 0 Å². The number of aromatic amines is 1. The first-order chi connectivity index (χ1) is 15.6. The van der Waals surface area contributed by atoms with Crippen molar-refractivity contribution in [2.24, 2.45) is 0 Å². The lowest BCUT2D eigenvalue weighted by Crippen LogP contribution is -2.31. The molecule has 0 unspecified atom stereocenters. The summed E-state index contributed by atoms with van der Waals surface area (Å²) >= 11 is 0. The Bertz CT molecular complexity index is 1260. The number of carbonyl (C=O) groups is 2. The molecule has 1 atom stereocenters. The van der Waals surface area contributed by atoms with Crippen LogP contribution < -0.4 is 5.32 Å². The molecule has 0 saturated carbocycles. The highest BCUT2D eigenvalue weighted by Crippen LogP contribution is 2.44. The van der Waals surface area contributed by atoms with Crippen LogP contribution in [0.1, 0.15) is 35.1 Å². The number of nitrogens with one attached hydrogen (secondary N) is 2. The molecule has 160 valence electrons. The molecule has 0 spiro atoms. The van der Waals surface area contributed by atoms with Gasteiger partial charge >= 0.3 is 12.1 Å². The van der Waals surface area contributed by atoms with E-state index in [1.807, 2.05) is 48.5 Å². The van der Waals surface area contributed by atoms with Crippen molar-refractivity contribution in [1.82, 2.24) is 10.3 Å². The first-order valence-corrected chi connectivity index (χ1v) is 10.5. The minimum atomic E-state index is -1.00. The third-order valence-electron chi connectivity index (χ3n) is 6.01. The summed E-state index contributed by atoms with van der Waals surface area (Å²) in [6.07, 6.45) is 0.858. The molecular formula is C26H22N2O4. The van der Waals surface area contributed by atoms with Gasteiger partial charge in [-0.3, -0.25) is 4.79 Å². The monoisotopic (exact) mass is 426 g/mol. The second-order valence-corrected chi connectivity index (χ2v) is 7.91. The molecule has 0 aliphatic heterocycles. The van der Waals surface area contributed by atoms with Crippen molar-refractivity contribution in [1.29, 1.82) is 0 Å². The minimum Gasteiger partial charge on any atom is -0.481 e. The fourth-order valence-electron chi connectivity index (χ4n) is 4.58. The maximum atomic E-state index is 12.7. The number of benzene rings is 3. The van der Waals surface area contributed by atoms with Crippen LogP contribution in [0, 0.1) is 0 Å². The molecule has 1 aliphatic carbocycles. The van der Waals surface area contributed by atoms with E-state index in [1.54, 1.807) is 6.20 Å². The molecule has 1 amide bonds. The van der Waals surface area contributed by atoms with Gasteiger partial charge in [-0.2, -0.15) is 0 Å². The van der Waals surface area contributed by atoms with E-state index in [2.05, 4.69) is 34.6 Å². The predicted octanol–water partition coefficient (Wildman–Crippen LogP) is 5.22. The molecule has 1 aromatic heterocycles. The zero-order chi connectivity index (χ0) is 22.1. The standard InChI is InChI=1S/C26H22N2O4/c29-25(30)13-24(21-14-27-23-12-6-5-11-20(21)23)28-26(31)32-15-22-18-9-3-1-7-16(18)17-8-2-4-10-19(17)22/h1-12,14,22,24,27H,13,15H2,(H,28,31)(H,29,30)/t24-/m1/s1. The van der Waals surface area contributed by atoms with E-state index >= 15 is 0 Å². The maximum absolute atomic E-state index is 12.7. The number of carboxylic acids is 1. The van der Waals surface area contributed by atoms with Crippen molar-refractivity contribution >= 4 is 23.0 Å². The lowest BCUT2D eigenvalue weighted by molar-refractivity contribution is -0.137. The van der Waals surface area contributed by atoms with Crippen molar-refractivity contribution in [3.8, 4) is 11.1 Å². The predicted molar refractivity (Wildman–Crippen MR) is 121 cm³/mol. The summed E-state index contributed by atoms with van der Waals surface area (Å²) in [4.78, 5) is 27.3. The largest absolute Gasteiger partial charge is 0.481 e. The van der Waals surface area contributed by atoms with Gasteiger partial charge in [0.1, 0.15) is 6.61 Å². The molecule has 3 N–H and O–H groups in total. The third kappa shape index (κ3) is 3.60. The molecule has 1 heterocycles. The molecule has 1 aliphatic rings. The third-order valence-corrected chi connectivity index (χ3v) is 6.01. The van der Waals surface area contributed by atoms with Gasteiger partial charge in [-0.05, 0) is 28.3 Å². The van der Waals surface area contributed by atoms with Crippen molar-refractivity contribution in [2.45, 2.75) is 18.4 Å². The van der Waals surface area contributed by atoms with Gasteiger partial charge in [0.2, 0.25) is 0 Å². The van der Waals surface area contributed by atoms with Crippen LogP contribution in [0.2, 0.25) is 0 Å². The number of carboxylic acid groups (broad SMARTS) is 1. The van der Waals surface area contributed by atoms with E-state index in [-0.39, 0.29) is 18.9 Å². The number of carbonyl (C=O) groups excluding carboxylic acids is 1. The average molecular weight is 426 g/mol. The maximum Gasteiger partial charge on any atom is 0.407 e. The Hall–Kier alpha value is -4.06. The van der Waals surface area contributed by atoms with Gasteiger partial charge in [-0.25, -0.2) is 4.79 Å². The summed E-state index contributed by atoms with van der Waals surface area (Å²) in [7, 11) is 0. The van der Waals surface area contributed by atoms with Gasteiger partial charge in [0, 0.05) is 28.6 Å². The number of rotatable bonds is 6. The van der Waals surface area contributed by atoms with Crippen LogP contribution in [0.25, 0.3) is 22.0 Å². The van der Waals surface area contributed by atoms with Crippen LogP contribution >= 0.6 is 0 Å². The normalized spacial score (nSPS) is 13.4. The highest BCUT2D eigenvalue weighted by atomic mass is 16.5. The minimum absolute atomic E-state index is 0.0563. The smallest absolute Gasteiger partial charge is 0.407 e. The summed E-state index contributed by atoms with van der Waals surface area (Å²) in [5.41, 5.74) is 6.16. The van der Waals surface area contributed by atoms with E-state index in [9.17, 15) is 14.7 Å². The molecule has 32 heavy (non-hydrogen) atoms. The number of aliphatic carboxylic acids is 1. The van der Waals surface area contributed by atoms with Crippen LogP contribution in [0.15, 0.2) is 79.0 Å². The number of ether oxygens (including phenoxy) is 1. The van der Waals surface area contributed by atoms with Crippen LogP contribution in [-0.2, 0) is 9.53 Å². The molecule has 5 rings (SSSR count). The number of alkyl carbamates (subject to hydrolysis) is 1. The van der Waals surface area contributed by atoms with Crippen molar-refractivity contribution in [2.75, 3.05) is 6.61 Å². The fourth-order valence-corrected chi connectivity index (χ4v) is 4.58. The van der Waals surface area contributed by atoms with Crippen LogP contribution in [-0.4, -0.2) is 28.8 Å². The molecule has 0 radical (unpaired) electrons. The van der Waals surface area contributed by atoms with Crippen LogP contribution in [0.5, 0.6) is 0 Å². The number of hydrogen-bond acceptors (Lipinski definition) is 3. The van der Waals surface area contributed by atoms with Gasteiger partial charge < -0.3 is 20.1 Å². The molecule has 4 aromatic rings. The number of hydrogen-bond donors (Lipinski definition) is 3. The lowest BCUT2D eigenvalue weighted by atomic mass is 9.98. The zero-order valence-electron chi connectivity index (χ0n) is 17.2. The van der Waals surface area contributed by atoms with Crippen molar-refractivity contribution in [3.63, 3.8) is 0 Å². The summed E-state index contributed by atoms with van der Waals surface area (Å²) in [6.45, 7) is 0.174. The van der Waals surface area contributed by atoms with Crippen molar-refractivity contribution < 1.29 is 19.4 Å². The second-order valence-electron chi connectivity index (χ2n) is 7.91. The van der Waals surface area contributed by atoms with Crippen LogP contribution in [0.4, 0.5) is 4.79 Å². The van der Waals surface area contributed by atoms with E-state index in [4.69, 9.17) is 4.74 Å². The molecule has 0 saturated heterocycles. The Balaban J connectivity index is 1.34. The van der Waals surface area contributed by atoms with E-state index < -0.39 is 18.1 Å². The number of aromatic nitrogens is 1. The van der Waals surface area contributed by atoms with Gasteiger partial charge in [-0.1, -0.05) is 66.7 Å². The Morgan fingerprint density at radius 3 is 2.25 bits per heavy atom. The first-order valence-electron chi connectivity index (χ1n) is 10.5. The Morgan fingerprint density at radius 1 is 0.938 bits per heavy atom. The van der Waals surface area contributed by atoms with Gasteiger partial charge in [0.15, 0.2) is 0 Å². The average Bonchev–Trinajstić information content (AvgIpc) is 3.36. The van der Waals surface area contributed by atoms with Gasteiger partial charge in [0.25, 0.3) is 0 Å². The van der Waals surface area contributed by atoms with E-state index in [0.717, 1.165) is 38.7 Å².